The van der Waals surface area contributed by atoms with Gasteiger partial charge in [-0.05, 0) is 30.7 Å². The molecule has 0 saturated carbocycles. The molecule has 2 N–H and O–H groups in total. The van der Waals surface area contributed by atoms with Gasteiger partial charge in [-0.1, -0.05) is 12.2 Å². The van der Waals surface area contributed by atoms with Crippen LogP contribution in [0.5, 0.6) is 0 Å². The molecule has 0 spiro atoms. The smallest absolute Gasteiger partial charge is 0.251 e. The molecule has 1 aliphatic rings. The zero-order valence-electron chi connectivity index (χ0n) is 11.3. The molecule has 2 rings (SSSR count). The largest absolute Gasteiger partial charge is 0.396 e. The van der Waals surface area contributed by atoms with E-state index in [0.717, 1.165) is 12.1 Å². The zero-order chi connectivity index (χ0) is 13.8. The first kappa shape index (κ1) is 13.6. The highest BCUT2D eigenvalue weighted by molar-refractivity contribution is 5.94. The quantitative estimate of drug-likeness (QED) is 0.805. The van der Waals surface area contributed by atoms with Gasteiger partial charge in [-0.25, -0.2) is 0 Å². The Morgan fingerprint density at radius 3 is 2.53 bits per heavy atom. The maximum atomic E-state index is 12.1. The number of hydrogen-bond acceptors (Lipinski definition) is 3. The molecule has 2 atom stereocenters. The summed E-state index contributed by atoms with van der Waals surface area (Å²) < 4.78 is 0. The molecule has 0 aliphatic heterocycles. The lowest BCUT2D eigenvalue weighted by Crippen LogP contribution is -2.32. The Bertz CT molecular complexity index is 466. The third-order valence-electron chi connectivity index (χ3n) is 3.37. The molecule has 1 amide bonds. The van der Waals surface area contributed by atoms with Gasteiger partial charge in [0.1, 0.15) is 0 Å². The molecule has 0 saturated heterocycles. The molecule has 4 nitrogen and oxygen atoms in total. The average Bonchev–Trinajstić information content (AvgIpc) is 2.86. The average molecular weight is 260 g/mol. The molecule has 0 aromatic heterocycles. The van der Waals surface area contributed by atoms with Crippen molar-refractivity contribution >= 4 is 11.6 Å². The number of benzene rings is 1. The summed E-state index contributed by atoms with van der Waals surface area (Å²) in [5.41, 5.74) is 1.73. The van der Waals surface area contributed by atoms with Gasteiger partial charge < -0.3 is 15.3 Å². The number of carbonyl (C=O) groups is 1. The maximum Gasteiger partial charge on any atom is 0.251 e. The fourth-order valence-electron chi connectivity index (χ4n) is 2.18. The summed E-state index contributed by atoms with van der Waals surface area (Å²) in [5, 5.41) is 12.0. The second kappa shape index (κ2) is 5.89. The lowest BCUT2D eigenvalue weighted by Gasteiger charge is -2.14. The summed E-state index contributed by atoms with van der Waals surface area (Å²) in [4.78, 5) is 14.0. The number of anilines is 1. The molecule has 0 unspecified atom stereocenters. The van der Waals surface area contributed by atoms with Crippen molar-refractivity contribution < 1.29 is 9.90 Å². The Hall–Kier alpha value is -1.81. The van der Waals surface area contributed by atoms with E-state index in [-0.39, 0.29) is 24.5 Å². The molecule has 1 aliphatic carbocycles. The van der Waals surface area contributed by atoms with Crippen molar-refractivity contribution in [1.82, 2.24) is 5.32 Å². The van der Waals surface area contributed by atoms with Crippen LogP contribution >= 0.6 is 0 Å². The van der Waals surface area contributed by atoms with Gasteiger partial charge in [-0.2, -0.15) is 0 Å². The number of aliphatic hydroxyl groups is 1. The fourth-order valence-corrected chi connectivity index (χ4v) is 2.18. The van der Waals surface area contributed by atoms with Crippen molar-refractivity contribution in [2.45, 2.75) is 12.5 Å². The van der Waals surface area contributed by atoms with E-state index in [1.807, 2.05) is 55.4 Å². The lowest BCUT2D eigenvalue weighted by atomic mass is 10.1. The number of hydrogen-bond donors (Lipinski definition) is 2. The number of aliphatic hydroxyl groups excluding tert-OH is 1. The second-order valence-electron chi connectivity index (χ2n) is 5.08. The normalized spacial score (nSPS) is 21.4. The van der Waals surface area contributed by atoms with Gasteiger partial charge in [0.25, 0.3) is 5.91 Å². The molecular formula is C15H20N2O2. The molecule has 0 radical (unpaired) electrons. The molecule has 1 aromatic rings. The maximum absolute atomic E-state index is 12.1. The SMILES string of the molecule is CN(C)c1ccc(C(=O)N[C@@H]2C=C[C@H](CO)C2)cc1. The van der Waals surface area contributed by atoms with Crippen LogP contribution in [0.3, 0.4) is 0 Å². The predicted octanol–water partition coefficient (Wildman–Crippen LogP) is 1.42. The summed E-state index contributed by atoms with van der Waals surface area (Å²) in [5.74, 6) is 0.0972. The number of nitrogens with zero attached hydrogens (tertiary/aromatic N) is 1. The monoisotopic (exact) mass is 260 g/mol. The molecule has 4 heteroatoms. The van der Waals surface area contributed by atoms with Crippen LogP contribution < -0.4 is 10.2 Å². The Morgan fingerprint density at radius 1 is 1.32 bits per heavy atom. The number of amides is 1. The molecule has 19 heavy (non-hydrogen) atoms. The van der Waals surface area contributed by atoms with Crippen molar-refractivity contribution in [3.05, 3.63) is 42.0 Å². The highest BCUT2D eigenvalue weighted by Gasteiger charge is 2.20. The summed E-state index contributed by atoms with van der Waals surface area (Å²) in [6.07, 6.45) is 4.69. The van der Waals surface area contributed by atoms with Crippen LogP contribution in [0.25, 0.3) is 0 Å². The molecule has 0 fully saturated rings. The van der Waals surface area contributed by atoms with Gasteiger partial charge in [0, 0.05) is 43.9 Å². The Morgan fingerprint density at radius 2 is 2.00 bits per heavy atom. The van der Waals surface area contributed by atoms with Gasteiger partial charge in [0.15, 0.2) is 0 Å². The minimum atomic E-state index is -0.0708. The third-order valence-corrected chi connectivity index (χ3v) is 3.37. The van der Waals surface area contributed by atoms with Crippen LogP contribution in [0, 0.1) is 5.92 Å². The van der Waals surface area contributed by atoms with E-state index < -0.39 is 0 Å². The van der Waals surface area contributed by atoms with Crippen LogP contribution in [0.2, 0.25) is 0 Å². The third kappa shape index (κ3) is 3.35. The summed E-state index contributed by atoms with van der Waals surface area (Å²) >= 11 is 0. The Kier molecular flexibility index (Phi) is 4.22. The van der Waals surface area contributed by atoms with Crippen LogP contribution in [-0.2, 0) is 0 Å². The van der Waals surface area contributed by atoms with E-state index in [9.17, 15) is 4.79 Å². The standard InChI is InChI=1S/C15H20N2O2/c1-17(2)14-7-4-12(5-8-14)15(19)16-13-6-3-11(9-13)10-18/h3-8,11,13,18H,9-10H2,1-2H3,(H,16,19)/t11-,13+/m0/s1. The molecule has 0 bridgehead atoms. The highest BCUT2D eigenvalue weighted by Crippen LogP contribution is 2.18. The van der Waals surface area contributed by atoms with E-state index in [4.69, 9.17) is 5.11 Å². The fraction of sp³-hybridized carbons (Fsp3) is 0.400. The van der Waals surface area contributed by atoms with Crippen molar-refractivity contribution in [3.63, 3.8) is 0 Å². The lowest BCUT2D eigenvalue weighted by molar-refractivity contribution is 0.0941. The Balaban J connectivity index is 1.95. The van der Waals surface area contributed by atoms with Gasteiger partial charge in [-0.3, -0.25) is 4.79 Å². The first-order valence-corrected chi connectivity index (χ1v) is 6.47. The number of rotatable bonds is 4. The van der Waals surface area contributed by atoms with E-state index in [0.29, 0.717) is 5.56 Å². The van der Waals surface area contributed by atoms with Crippen LogP contribution in [0.4, 0.5) is 5.69 Å². The van der Waals surface area contributed by atoms with Gasteiger partial charge in [0.05, 0.1) is 0 Å². The van der Waals surface area contributed by atoms with Crippen molar-refractivity contribution in [2.75, 3.05) is 25.6 Å². The topological polar surface area (TPSA) is 52.6 Å². The van der Waals surface area contributed by atoms with Crippen LogP contribution in [-0.4, -0.2) is 37.8 Å². The van der Waals surface area contributed by atoms with E-state index in [1.165, 1.54) is 0 Å². The summed E-state index contributed by atoms with van der Waals surface area (Å²) in [6.45, 7) is 0.139. The molecule has 102 valence electrons. The number of nitrogens with one attached hydrogen (secondary N) is 1. The van der Waals surface area contributed by atoms with E-state index in [2.05, 4.69) is 5.32 Å². The second-order valence-corrected chi connectivity index (χ2v) is 5.08. The molecular weight excluding hydrogens is 240 g/mol. The molecule has 1 aromatic carbocycles. The first-order chi connectivity index (χ1) is 9.10. The first-order valence-electron chi connectivity index (χ1n) is 6.47. The summed E-state index contributed by atoms with van der Waals surface area (Å²) in [7, 11) is 3.93. The number of carbonyl (C=O) groups excluding carboxylic acids is 1. The van der Waals surface area contributed by atoms with Crippen molar-refractivity contribution in [2.24, 2.45) is 5.92 Å². The van der Waals surface area contributed by atoms with Gasteiger partial charge >= 0.3 is 0 Å². The van der Waals surface area contributed by atoms with Crippen LogP contribution in [0.15, 0.2) is 36.4 Å². The van der Waals surface area contributed by atoms with Gasteiger partial charge in [-0.15, -0.1) is 0 Å². The van der Waals surface area contributed by atoms with Crippen LogP contribution in [0.1, 0.15) is 16.8 Å². The van der Waals surface area contributed by atoms with E-state index >= 15 is 0 Å². The Labute approximate surface area is 113 Å². The minimum absolute atomic E-state index is 0.0261. The van der Waals surface area contributed by atoms with Crippen molar-refractivity contribution in [3.8, 4) is 0 Å². The van der Waals surface area contributed by atoms with Crippen molar-refractivity contribution in [1.29, 1.82) is 0 Å². The van der Waals surface area contributed by atoms with E-state index in [1.54, 1.807) is 0 Å². The highest BCUT2D eigenvalue weighted by atomic mass is 16.3. The minimum Gasteiger partial charge on any atom is -0.396 e. The zero-order valence-corrected chi connectivity index (χ0v) is 11.3. The molecule has 0 heterocycles. The summed E-state index contributed by atoms with van der Waals surface area (Å²) in [6, 6.07) is 7.53. The van der Waals surface area contributed by atoms with Gasteiger partial charge in [0.2, 0.25) is 0 Å². The predicted molar refractivity (Wildman–Crippen MR) is 76.4 cm³/mol.